The summed E-state index contributed by atoms with van der Waals surface area (Å²) in [4.78, 5) is 0. The van der Waals surface area contributed by atoms with Gasteiger partial charge in [0.1, 0.15) is 5.82 Å². The summed E-state index contributed by atoms with van der Waals surface area (Å²) in [5.74, 6) is -0.289. The standard InChI is InChI=1S/C16H16BrFO/c1-2-11-5-3-4-6-14(11)16(19)9-12-7-8-13(17)10-15(12)18/h3-8,10,16,19H,2,9H2,1H3. The Morgan fingerprint density at radius 2 is 1.89 bits per heavy atom. The van der Waals surface area contributed by atoms with E-state index in [1.165, 1.54) is 6.07 Å². The number of aryl methyl sites for hydroxylation is 1. The van der Waals surface area contributed by atoms with Gasteiger partial charge < -0.3 is 5.11 Å². The second-order valence-electron chi connectivity index (χ2n) is 4.51. The van der Waals surface area contributed by atoms with Gasteiger partial charge in [0.25, 0.3) is 0 Å². The summed E-state index contributed by atoms with van der Waals surface area (Å²) in [7, 11) is 0. The highest BCUT2D eigenvalue weighted by molar-refractivity contribution is 9.10. The van der Waals surface area contributed by atoms with E-state index in [9.17, 15) is 9.50 Å². The van der Waals surface area contributed by atoms with Gasteiger partial charge in [-0.05, 0) is 35.2 Å². The van der Waals surface area contributed by atoms with Crippen LogP contribution in [0.4, 0.5) is 4.39 Å². The molecule has 0 aliphatic rings. The molecule has 19 heavy (non-hydrogen) atoms. The molecule has 1 unspecified atom stereocenters. The van der Waals surface area contributed by atoms with Crippen LogP contribution >= 0.6 is 15.9 Å². The highest BCUT2D eigenvalue weighted by atomic mass is 79.9. The Morgan fingerprint density at radius 3 is 2.58 bits per heavy atom. The Labute approximate surface area is 121 Å². The fraction of sp³-hybridized carbons (Fsp3) is 0.250. The monoisotopic (exact) mass is 322 g/mol. The van der Waals surface area contributed by atoms with Crippen molar-refractivity contribution in [3.63, 3.8) is 0 Å². The second-order valence-corrected chi connectivity index (χ2v) is 5.42. The summed E-state index contributed by atoms with van der Waals surface area (Å²) in [5.41, 5.74) is 2.52. The van der Waals surface area contributed by atoms with Gasteiger partial charge in [-0.3, -0.25) is 0 Å². The normalized spacial score (nSPS) is 12.4. The third-order valence-electron chi connectivity index (χ3n) is 3.22. The molecule has 2 aromatic carbocycles. The molecule has 1 N–H and O–H groups in total. The van der Waals surface area contributed by atoms with Crippen LogP contribution in [0.5, 0.6) is 0 Å². The second kappa shape index (κ2) is 6.31. The first-order chi connectivity index (χ1) is 9.11. The van der Waals surface area contributed by atoms with E-state index in [1.807, 2.05) is 31.2 Å². The minimum atomic E-state index is -0.674. The molecule has 1 atom stereocenters. The zero-order valence-electron chi connectivity index (χ0n) is 10.7. The van der Waals surface area contributed by atoms with Crippen LogP contribution in [0.25, 0.3) is 0 Å². The van der Waals surface area contributed by atoms with Crippen LogP contribution in [0.2, 0.25) is 0 Å². The number of aliphatic hydroxyl groups is 1. The minimum absolute atomic E-state index is 0.288. The van der Waals surface area contributed by atoms with Crippen LogP contribution in [0.15, 0.2) is 46.9 Å². The van der Waals surface area contributed by atoms with Gasteiger partial charge in [0.15, 0.2) is 0 Å². The summed E-state index contributed by atoms with van der Waals surface area (Å²) in [6.07, 6.45) is 0.471. The molecule has 2 rings (SSSR count). The maximum absolute atomic E-state index is 13.8. The molecule has 100 valence electrons. The third kappa shape index (κ3) is 3.43. The molecule has 0 aliphatic heterocycles. The van der Waals surface area contributed by atoms with E-state index in [-0.39, 0.29) is 12.2 Å². The molecule has 3 heteroatoms. The zero-order valence-corrected chi connectivity index (χ0v) is 12.3. The molecule has 0 bridgehead atoms. The number of hydrogen-bond acceptors (Lipinski definition) is 1. The molecule has 0 radical (unpaired) electrons. The van der Waals surface area contributed by atoms with Crippen LogP contribution in [0.3, 0.4) is 0 Å². The average molecular weight is 323 g/mol. The fourth-order valence-electron chi connectivity index (χ4n) is 2.19. The van der Waals surface area contributed by atoms with Crippen molar-refractivity contribution >= 4 is 15.9 Å². The lowest BCUT2D eigenvalue weighted by Gasteiger charge is -2.15. The van der Waals surface area contributed by atoms with E-state index in [0.29, 0.717) is 10.0 Å². The number of benzene rings is 2. The smallest absolute Gasteiger partial charge is 0.127 e. The minimum Gasteiger partial charge on any atom is -0.388 e. The van der Waals surface area contributed by atoms with Crippen LogP contribution in [0.1, 0.15) is 29.7 Å². The van der Waals surface area contributed by atoms with E-state index >= 15 is 0 Å². The molecular weight excluding hydrogens is 307 g/mol. The van der Waals surface area contributed by atoms with Crippen molar-refractivity contribution in [2.75, 3.05) is 0 Å². The first-order valence-electron chi connectivity index (χ1n) is 6.31. The molecule has 0 spiro atoms. The Kier molecular flexibility index (Phi) is 4.72. The van der Waals surface area contributed by atoms with Crippen LogP contribution < -0.4 is 0 Å². The Hall–Kier alpha value is -1.19. The molecule has 0 heterocycles. The summed E-state index contributed by atoms with van der Waals surface area (Å²) >= 11 is 3.23. The average Bonchev–Trinajstić information content (AvgIpc) is 2.41. The van der Waals surface area contributed by atoms with Crippen molar-refractivity contribution in [2.24, 2.45) is 0 Å². The molecule has 0 saturated heterocycles. The fourth-order valence-corrected chi connectivity index (χ4v) is 2.52. The van der Waals surface area contributed by atoms with E-state index in [1.54, 1.807) is 12.1 Å². The Balaban J connectivity index is 2.23. The van der Waals surface area contributed by atoms with Crippen molar-refractivity contribution < 1.29 is 9.50 Å². The Morgan fingerprint density at radius 1 is 1.16 bits per heavy atom. The van der Waals surface area contributed by atoms with Gasteiger partial charge in [0.05, 0.1) is 6.10 Å². The number of halogens is 2. The topological polar surface area (TPSA) is 20.2 Å². The Bertz CT molecular complexity index is 568. The maximum Gasteiger partial charge on any atom is 0.127 e. The predicted molar refractivity (Wildman–Crippen MR) is 78.6 cm³/mol. The lowest BCUT2D eigenvalue weighted by atomic mass is 9.96. The highest BCUT2D eigenvalue weighted by Crippen LogP contribution is 2.24. The molecule has 1 nitrogen and oxygen atoms in total. The van der Waals surface area contributed by atoms with Crippen LogP contribution in [-0.4, -0.2) is 5.11 Å². The third-order valence-corrected chi connectivity index (χ3v) is 3.72. The predicted octanol–water partition coefficient (Wildman–Crippen LogP) is 4.43. The zero-order chi connectivity index (χ0) is 13.8. The van der Waals surface area contributed by atoms with Gasteiger partial charge in [0, 0.05) is 10.9 Å². The van der Waals surface area contributed by atoms with Crippen molar-refractivity contribution in [1.29, 1.82) is 0 Å². The van der Waals surface area contributed by atoms with Gasteiger partial charge in [-0.25, -0.2) is 4.39 Å². The molecular formula is C16H16BrFO. The number of rotatable bonds is 4. The number of aliphatic hydroxyl groups excluding tert-OH is 1. The number of hydrogen-bond donors (Lipinski definition) is 1. The molecule has 0 saturated carbocycles. The van der Waals surface area contributed by atoms with E-state index < -0.39 is 6.10 Å². The van der Waals surface area contributed by atoms with Crippen molar-refractivity contribution in [3.8, 4) is 0 Å². The lowest BCUT2D eigenvalue weighted by molar-refractivity contribution is 0.176. The van der Waals surface area contributed by atoms with Gasteiger partial charge in [-0.2, -0.15) is 0 Å². The van der Waals surface area contributed by atoms with Crippen molar-refractivity contribution in [2.45, 2.75) is 25.9 Å². The molecule has 0 amide bonds. The van der Waals surface area contributed by atoms with Gasteiger partial charge in [-0.1, -0.05) is 53.2 Å². The summed E-state index contributed by atoms with van der Waals surface area (Å²) < 4.78 is 14.5. The molecule has 0 aliphatic carbocycles. The molecule has 0 aromatic heterocycles. The van der Waals surface area contributed by atoms with Gasteiger partial charge in [-0.15, -0.1) is 0 Å². The van der Waals surface area contributed by atoms with Gasteiger partial charge >= 0.3 is 0 Å². The van der Waals surface area contributed by atoms with Crippen molar-refractivity contribution in [1.82, 2.24) is 0 Å². The summed E-state index contributed by atoms with van der Waals surface area (Å²) in [6, 6.07) is 12.7. The van der Waals surface area contributed by atoms with E-state index in [4.69, 9.17) is 0 Å². The first kappa shape index (κ1) is 14.2. The molecule has 0 fully saturated rings. The van der Waals surface area contributed by atoms with E-state index in [2.05, 4.69) is 15.9 Å². The SMILES string of the molecule is CCc1ccccc1C(O)Cc1ccc(Br)cc1F. The van der Waals surface area contributed by atoms with Crippen LogP contribution in [0, 0.1) is 5.82 Å². The van der Waals surface area contributed by atoms with Crippen molar-refractivity contribution in [3.05, 3.63) is 69.4 Å². The summed E-state index contributed by atoms with van der Waals surface area (Å²) in [6.45, 7) is 2.05. The van der Waals surface area contributed by atoms with Crippen LogP contribution in [-0.2, 0) is 12.8 Å². The quantitative estimate of drug-likeness (QED) is 0.883. The maximum atomic E-state index is 13.8. The van der Waals surface area contributed by atoms with E-state index in [0.717, 1.165) is 17.5 Å². The molecule has 2 aromatic rings. The summed E-state index contributed by atoms with van der Waals surface area (Å²) in [5, 5.41) is 10.3. The van der Waals surface area contributed by atoms with Gasteiger partial charge in [0.2, 0.25) is 0 Å². The lowest BCUT2D eigenvalue weighted by Crippen LogP contribution is -2.06. The highest BCUT2D eigenvalue weighted by Gasteiger charge is 2.14. The largest absolute Gasteiger partial charge is 0.388 e. The first-order valence-corrected chi connectivity index (χ1v) is 7.11.